The predicted molar refractivity (Wildman–Crippen MR) is 76.1 cm³/mol. The van der Waals surface area contributed by atoms with Crippen LogP contribution in [0, 0.1) is 0 Å². The molecule has 1 aromatic carbocycles. The molecule has 0 unspecified atom stereocenters. The molecule has 17 heavy (non-hydrogen) atoms. The van der Waals surface area contributed by atoms with Crippen LogP contribution >= 0.6 is 12.2 Å². The van der Waals surface area contributed by atoms with E-state index in [2.05, 4.69) is 54.0 Å². The van der Waals surface area contributed by atoms with Gasteiger partial charge in [-0.05, 0) is 42.8 Å². The summed E-state index contributed by atoms with van der Waals surface area (Å²) in [6.07, 6.45) is 1.88. The van der Waals surface area contributed by atoms with Gasteiger partial charge in [-0.15, -0.1) is 10.5 Å². The first-order chi connectivity index (χ1) is 8.13. The van der Waals surface area contributed by atoms with Gasteiger partial charge in [0.2, 0.25) is 5.11 Å². The first kappa shape index (κ1) is 13.6. The lowest BCUT2D eigenvalue weighted by Gasteiger charge is -2.03. The standard InChI is InChI=1S/C13H19N3S/c1-4-14-13(17)16-15-9-11-5-7-12(8-6-11)10(2)3/h5-10H,4H2,1-3H3,(H2,14,16,17)/p+1. The molecule has 0 heterocycles. The molecule has 0 saturated heterocycles. The summed E-state index contributed by atoms with van der Waals surface area (Å²) in [6, 6.07) is 8.45. The molecule has 92 valence electrons. The molecule has 0 atom stereocenters. The summed E-state index contributed by atoms with van der Waals surface area (Å²) in [6.45, 7) is 7.19. The van der Waals surface area contributed by atoms with Gasteiger partial charge < -0.3 is 5.32 Å². The van der Waals surface area contributed by atoms with Crippen LogP contribution in [-0.4, -0.2) is 17.9 Å². The minimum absolute atomic E-state index is 0.566. The second kappa shape index (κ2) is 7.01. The molecule has 0 amide bonds. The molecule has 0 aromatic heterocycles. The molecular weight excluding hydrogens is 230 g/mol. The summed E-state index contributed by atoms with van der Waals surface area (Å²) in [5.41, 5.74) is 5.34. The highest BCUT2D eigenvalue weighted by Crippen LogP contribution is 2.13. The second-order valence-electron chi connectivity index (χ2n) is 4.09. The topological polar surface area (TPSA) is 38.0 Å². The molecule has 0 saturated carbocycles. The highest BCUT2D eigenvalue weighted by atomic mass is 32.1. The lowest BCUT2D eigenvalue weighted by atomic mass is 10.0. The summed E-state index contributed by atoms with van der Waals surface area (Å²) in [4.78, 5) is 0. The average Bonchev–Trinajstić information content (AvgIpc) is 2.30. The Bertz CT molecular complexity index is 382. The Balaban J connectivity index is 2.51. The van der Waals surface area contributed by atoms with Gasteiger partial charge >= 0.3 is 0 Å². The quantitative estimate of drug-likeness (QED) is 0.418. The van der Waals surface area contributed by atoms with E-state index in [1.807, 2.05) is 13.1 Å². The van der Waals surface area contributed by atoms with Gasteiger partial charge in [0, 0.05) is 12.1 Å². The number of hydrogen-bond donors (Lipinski definition) is 3. The van der Waals surface area contributed by atoms with E-state index < -0.39 is 0 Å². The minimum atomic E-state index is 0.566. The van der Waals surface area contributed by atoms with E-state index in [9.17, 15) is 0 Å². The number of hydrazine groups is 1. The Morgan fingerprint density at radius 2 is 2.00 bits per heavy atom. The highest BCUT2D eigenvalue weighted by molar-refractivity contribution is 7.80. The van der Waals surface area contributed by atoms with Crippen LogP contribution in [0.1, 0.15) is 37.8 Å². The van der Waals surface area contributed by atoms with Gasteiger partial charge in [0.1, 0.15) is 0 Å². The zero-order chi connectivity index (χ0) is 12.7. The molecule has 3 N–H and O–H groups in total. The van der Waals surface area contributed by atoms with E-state index in [4.69, 9.17) is 12.2 Å². The van der Waals surface area contributed by atoms with E-state index in [1.165, 1.54) is 5.56 Å². The Kier molecular flexibility index (Phi) is 5.63. The Hall–Kier alpha value is -1.42. The maximum absolute atomic E-state index is 5.02. The van der Waals surface area contributed by atoms with Gasteiger partial charge in [-0.1, -0.05) is 26.0 Å². The molecule has 0 radical (unpaired) electrons. The smallest absolute Gasteiger partial charge is 0.223 e. The van der Waals surface area contributed by atoms with Crippen molar-refractivity contribution in [1.29, 1.82) is 0 Å². The average molecular weight is 250 g/mol. The lowest BCUT2D eigenvalue weighted by molar-refractivity contribution is -0.500. The molecule has 1 aromatic rings. The monoisotopic (exact) mass is 250 g/mol. The van der Waals surface area contributed by atoms with E-state index in [-0.39, 0.29) is 0 Å². The fourth-order valence-corrected chi connectivity index (χ4v) is 1.57. The molecule has 0 aliphatic carbocycles. The maximum atomic E-state index is 5.02. The summed E-state index contributed by atoms with van der Waals surface area (Å²) in [5.74, 6) is 0.566. The van der Waals surface area contributed by atoms with E-state index >= 15 is 0 Å². The maximum Gasteiger partial charge on any atom is 0.223 e. The fraction of sp³-hybridized carbons (Fsp3) is 0.385. The highest BCUT2D eigenvalue weighted by Gasteiger charge is 1.99. The Morgan fingerprint density at radius 3 is 2.53 bits per heavy atom. The van der Waals surface area contributed by atoms with Gasteiger partial charge in [-0.2, -0.15) is 0 Å². The van der Waals surface area contributed by atoms with Crippen LogP contribution in [0.15, 0.2) is 24.3 Å². The van der Waals surface area contributed by atoms with E-state index in [0.29, 0.717) is 11.0 Å². The number of rotatable bonds is 4. The van der Waals surface area contributed by atoms with Crippen molar-refractivity contribution >= 4 is 23.5 Å². The van der Waals surface area contributed by atoms with Crippen LogP contribution in [0.2, 0.25) is 0 Å². The van der Waals surface area contributed by atoms with E-state index in [0.717, 1.165) is 12.1 Å². The Morgan fingerprint density at radius 1 is 1.35 bits per heavy atom. The van der Waals surface area contributed by atoms with Crippen molar-refractivity contribution in [3.05, 3.63) is 35.4 Å². The molecular formula is C13H20N3S+. The van der Waals surface area contributed by atoms with Crippen LogP contribution < -0.4 is 15.8 Å². The summed E-state index contributed by atoms with van der Waals surface area (Å²) in [7, 11) is 0. The van der Waals surface area contributed by atoms with Gasteiger partial charge in [-0.25, -0.2) is 0 Å². The molecule has 3 nitrogen and oxygen atoms in total. The Labute approximate surface area is 108 Å². The van der Waals surface area contributed by atoms with Crippen molar-refractivity contribution < 1.29 is 5.10 Å². The second-order valence-corrected chi connectivity index (χ2v) is 4.50. The van der Waals surface area contributed by atoms with Crippen molar-refractivity contribution in [1.82, 2.24) is 10.7 Å². The lowest BCUT2D eigenvalue weighted by Crippen LogP contribution is -2.82. The molecule has 0 fully saturated rings. The first-order valence-corrected chi connectivity index (χ1v) is 6.27. The largest absolute Gasteiger partial charge is 0.359 e. The van der Waals surface area contributed by atoms with Crippen molar-refractivity contribution in [2.45, 2.75) is 26.7 Å². The van der Waals surface area contributed by atoms with Crippen LogP contribution in [0.5, 0.6) is 0 Å². The number of nitrogens with one attached hydrogen (secondary N) is 3. The predicted octanol–water partition coefficient (Wildman–Crippen LogP) is 0.709. The van der Waals surface area contributed by atoms with Crippen molar-refractivity contribution in [2.24, 2.45) is 0 Å². The molecule has 0 aliphatic rings. The normalized spacial score (nSPS) is 10.8. The van der Waals surface area contributed by atoms with Crippen LogP contribution in [-0.2, 0) is 0 Å². The molecule has 1 rings (SSSR count). The van der Waals surface area contributed by atoms with Crippen molar-refractivity contribution in [2.75, 3.05) is 6.54 Å². The SMILES string of the molecule is CCNC(=S)N[NH+]=Cc1ccc(C(C)C)cc1. The van der Waals surface area contributed by atoms with Crippen molar-refractivity contribution in [3.63, 3.8) is 0 Å². The third-order valence-corrected chi connectivity index (χ3v) is 2.61. The van der Waals surface area contributed by atoms with Crippen LogP contribution in [0.25, 0.3) is 0 Å². The summed E-state index contributed by atoms with van der Waals surface area (Å²) >= 11 is 5.02. The summed E-state index contributed by atoms with van der Waals surface area (Å²) < 4.78 is 0. The molecule has 0 spiro atoms. The number of hydrogen-bond acceptors (Lipinski definition) is 1. The van der Waals surface area contributed by atoms with Gasteiger partial charge in [-0.3, -0.25) is 0 Å². The number of hydrazone groups is 1. The summed E-state index contributed by atoms with van der Waals surface area (Å²) in [5, 5.41) is 6.55. The zero-order valence-corrected chi connectivity index (χ0v) is 11.4. The third kappa shape index (κ3) is 4.95. The fourth-order valence-electron chi connectivity index (χ4n) is 1.37. The molecule has 4 heteroatoms. The number of benzene rings is 1. The number of thiocarbonyl (C=S) groups is 1. The van der Waals surface area contributed by atoms with Crippen LogP contribution in [0.3, 0.4) is 0 Å². The zero-order valence-electron chi connectivity index (χ0n) is 10.6. The van der Waals surface area contributed by atoms with E-state index in [1.54, 1.807) is 0 Å². The van der Waals surface area contributed by atoms with Crippen LogP contribution in [0.4, 0.5) is 0 Å². The van der Waals surface area contributed by atoms with Gasteiger partial charge in [0.25, 0.3) is 0 Å². The molecule has 0 bridgehead atoms. The van der Waals surface area contributed by atoms with Gasteiger partial charge in [0.15, 0.2) is 6.21 Å². The minimum Gasteiger partial charge on any atom is -0.359 e. The molecule has 0 aliphatic heterocycles. The van der Waals surface area contributed by atoms with Crippen molar-refractivity contribution in [3.8, 4) is 0 Å². The third-order valence-electron chi connectivity index (χ3n) is 2.37. The first-order valence-electron chi connectivity index (χ1n) is 5.86. The van der Waals surface area contributed by atoms with Gasteiger partial charge in [0.05, 0.1) is 0 Å².